The van der Waals surface area contributed by atoms with E-state index in [4.69, 9.17) is 4.74 Å². The Bertz CT molecular complexity index is 1190. The van der Waals surface area contributed by atoms with E-state index in [-0.39, 0.29) is 12.5 Å². The normalized spacial score (nSPS) is 19.9. The second-order valence-electron chi connectivity index (χ2n) is 7.55. The number of benzene rings is 2. The smallest absolute Gasteiger partial charge is 0.322 e. The Balaban J connectivity index is 1.48. The van der Waals surface area contributed by atoms with Crippen LogP contribution in [0, 0.1) is 0 Å². The third-order valence-corrected chi connectivity index (χ3v) is 6.62. The number of fused-ring (bicyclic) bond motifs is 1. The molecule has 0 aliphatic carbocycles. The summed E-state index contributed by atoms with van der Waals surface area (Å²) in [5.41, 5.74) is 3.33. The maximum atomic E-state index is 13.0. The number of hydrogen-bond acceptors (Lipinski definition) is 6. The number of methoxy groups -OCH3 is 1. The average molecular weight is 433 g/mol. The second-order valence-corrected chi connectivity index (χ2v) is 8.45. The molecule has 0 spiro atoms. The minimum atomic E-state index is -1.21. The van der Waals surface area contributed by atoms with Crippen molar-refractivity contribution in [2.45, 2.75) is 12.1 Å². The van der Waals surface area contributed by atoms with Crippen LogP contribution in [0.1, 0.15) is 16.7 Å². The second kappa shape index (κ2) is 7.24. The topological polar surface area (TPSA) is 83.6 Å². The highest BCUT2D eigenvalue weighted by atomic mass is 32.1. The van der Waals surface area contributed by atoms with E-state index in [0.717, 1.165) is 33.1 Å². The highest BCUT2D eigenvalue weighted by Crippen LogP contribution is 2.38. The number of urea groups is 1. The molecule has 156 valence electrons. The lowest BCUT2D eigenvalue weighted by Gasteiger charge is -2.33. The minimum Gasteiger partial charge on any atom is -0.497 e. The van der Waals surface area contributed by atoms with Crippen LogP contribution in [0.5, 0.6) is 5.75 Å². The number of amides is 3. The van der Waals surface area contributed by atoms with Crippen molar-refractivity contribution < 1.29 is 14.3 Å². The third-order valence-electron chi connectivity index (χ3n) is 5.80. The van der Waals surface area contributed by atoms with E-state index in [0.29, 0.717) is 12.1 Å². The van der Waals surface area contributed by atoms with Crippen LogP contribution in [0.15, 0.2) is 60.6 Å². The molecule has 2 aliphatic heterocycles. The van der Waals surface area contributed by atoms with Crippen molar-refractivity contribution in [3.05, 3.63) is 77.3 Å². The fraction of sp³-hybridized carbons (Fsp3) is 0.174. The standard InChI is InChI=1S/C23H20N4O3S/c1-14-19-11-18(30-2)8-5-16(19)12-27(14)13-23(21(28)25-22(29)26-23)17-6-3-15(4-7-17)20-24-9-10-31-20/h3-11H,1,12-13H2,2H3,(H2,25,26,28,29)/t23-/m0/s1. The number of thiazole rings is 1. The number of nitrogens with zero attached hydrogens (tertiary/aromatic N) is 2. The Morgan fingerprint density at radius 3 is 2.68 bits per heavy atom. The number of aromatic nitrogens is 1. The van der Waals surface area contributed by atoms with Gasteiger partial charge in [-0.1, -0.05) is 36.9 Å². The first-order valence-corrected chi connectivity index (χ1v) is 10.6. The van der Waals surface area contributed by atoms with Gasteiger partial charge in [0, 0.05) is 34.9 Å². The van der Waals surface area contributed by atoms with Crippen molar-refractivity contribution in [2.75, 3.05) is 13.7 Å². The van der Waals surface area contributed by atoms with Crippen molar-refractivity contribution >= 4 is 29.0 Å². The highest BCUT2D eigenvalue weighted by Gasteiger charge is 2.49. The molecule has 0 saturated carbocycles. The molecular formula is C23H20N4O3S. The summed E-state index contributed by atoms with van der Waals surface area (Å²) in [6, 6.07) is 12.9. The Morgan fingerprint density at radius 2 is 2.03 bits per heavy atom. The molecule has 0 unspecified atom stereocenters. The first-order chi connectivity index (χ1) is 15.0. The van der Waals surface area contributed by atoms with Crippen molar-refractivity contribution in [1.82, 2.24) is 20.5 Å². The molecule has 7 nitrogen and oxygen atoms in total. The Labute approximate surface area is 183 Å². The summed E-state index contributed by atoms with van der Waals surface area (Å²) in [5, 5.41) is 8.08. The van der Waals surface area contributed by atoms with E-state index in [1.165, 1.54) is 0 Å². The van der Waals surface area contributed by atoms with Gasteiger partial charge >= 0.3 is 6.03 Å². The van der Waals surface area contributed by atoms with Crippen LogP contribution >= 0.6 is 11.3 Å². The largest absolute Gasteiger partial charge is 0.497 e. The van der Waals surface area contributed by atoms with E-state index < -0.39 is 11.6 Å². The summed E-state index contributed by atoms with van der Waals surface area (Å²) < 4.78 is 5.33. The molecule has 0 radical (unpaired) electrons. The molecular weight excluding hydrogens is 412 g/mol. The molecule has 2 aromatic carbocycles. The first-order valence-electron chi connectivity index (χ1n) is 9.75. The van der Waals surface area contributed by atoms with Crippen LogP contribution in [-0.4, -0.2) is 35.5 Å². The van der Waals surface area contributed by atoms with Crippen LogP contribution < -0.4 is 15.4 Å². The molecule has 1 saturated heterocycles. The van der Waals surface area contributed by atoms with Gasteiger partial charge in [-0.15, -0.1) is 11.3 Å². The summed E-state index contributed by atoms with van der Waals surface area (Å²) in [7, 11) is 1.62. The third kappa shape index (κ3) is 3.16. The van der Waals surface area contributed by atoms with E-state index in [2.05, 4.69) is 22.2 Å². The fourth-order valence-electron chi connectivity index (χ4n) is 4.16. The van der Waals surface area contributed by atoms with Crippen molar-refractivity contribution in [3.8, 4) is 16.3 Å². The molecule has 1 aromatic heterocycles. The monoisotopic (exact) mass is 432 g/mol. The zero-order valence-corrected chi connectivity index (χ0v) is 17.7. The van der Waals surface area contributed by atoms with Gasteiger partial charge in [0.2, 0.25) is 0 Å². The molecule has 0 bridgehead atoms. The fourth-order valence-corrected chi connectivity index (χ4v) is 4.80. The van der Waals surface area contributed by atoms with Crippen molar-refractivity contribution in [3.63, 3.8) is 0 Å². The van der Waals surface area contributed by atoms with E-state index in [1.807, 2.05) is 52.7 Å². The number of hydrogen-bond donors (Lipinski definition) is 2. The molecule has 2 aliphatic rings. The van der Waals surface area contributed by atoms with E-state index in [1.54, 1.807) is 24.6 Å². The lowest BCUT2D eigenvalue weighted by molar-refractivity contribution is -0.124. The van der Waals surface area contributed by atoms with Crippen LogP contribution in [0.2, 0.25) is 0 Å². The zero-order valence-electron chi connectivity index (χ0n) is 16.8. The maximum absolute atomic E-state index is 13.0. The van der Waals surface area contributed by atoms with Crippen LogP contribution in [0.4, 0.5) is 4.79 Å². The summed E-state index contributed by atoms with van der Waals surface area (Å²) in [6.45, 7) is 5.09. The van der Waals surface area contributed by atoms with Crippen LogP contribution in [0.3, 0.4) is 0 Å². The van der Waals surface area contributed by atoms with Crippen molar-refractivity contribution in [1.29, 1.82) is 0 Å². The molecule has 1 atom stereocenters. The number of ether oxygens (including phenoxy) is 1. The molecule has 5 rings (SSSR count). The van der Waals surface area contributed by atoms with Crippen LogP contribution in [-0.2, 0) is 16.9 Å². The van der Waals surface area contributed by atoms with Gasteiger partial charge in [0.25, 0.3) is 5.91 Å². The minimum absolute atomic E-state index is 0.261. The van der Waals surface area contributed by atoms with Gasteiger partial charge in [-0.25, -0.2) is 9.78 Å². The predicted molar refractivity (Wildman–Crippen MR) is 118 cm³/mol. The number of nitrogens with one attached hydrogen (secondary N) is 2. The average Bonchev–Trinajstić information content (AvgIpc) is 3.48. The van der Waals surface area contributed by atoms with Gasteiger partial charge in [0.05, 0.1) is 13.7 Å². The Morgan fingerprint density at radius 1 is 1.23 bits per heavy atom. The van der Waals surface area contributed by atoms with Gasteiger partial charge in [-0.2, -0.15) is 0 Å². The molecule has 3 amide bonds. The van der Waals surface area contributed by atoms with Gasteiger partial charge in [-0.3, -0.25) is 10.1 Å². The lowest BCUT2D eigenvalue weighted by Crippen LogP contribution is -2.51. The Kier molecular flexibility index (Phi) is 4.51. The number of carbonyl (C=O) groups is 2. The first kappa shape index (κ1) is 19.3. The molecule has 8 heteroatoms. The molecule has 1 fully saturated rings. The van der Waals surface area contributed by atoms with Crippen LogP contribution in [0.25, 0.3) is 16.3 Å². The van der Waals surface area contributed by atoms with E-state index in [9.17, 15) is 9.59 Å². The summed E-state index contributed by atoms with van der Waals surface area (Å²) in [5.74, 6) is 0.377. The highest BCUT2D eigenvalue weighted by molar-refractivity contribution is 7.13. The van der Waals surface area contributed by atoms with Gasteiger partial charge in [-0.05, 0) is 23.3 Å². The quantitative estimate of drug-likeness (QED) is 0.604. The summed E-state index contributed by atoms with van der Waals surface area (Å²) in [6.07, 6.45) is 1.76. The maximum Gasteiger partial charge on any atom is 0.322 e. The zero-order chi connectivity index (χ0) is 21.6. The van der Waals surface area contributed by atoms with Crippen molar-refractivity contribution in [2.24, 2.45) is 0 Å². The van der Waals surface area contributed by atoms with Gasteiger partial charge in [0.15, 0.2) is 5.54 Å². The summed E-state index contributed by atoms with van der Waals surface area (Å²) in [4.78, 5) is 31.5. The number of rotatable bonds is 5. The van der Waals surface area contributed by atoms with E-state index >= 15 is 0 Å². The molecule has 3 aromatic rings. The van der Waals surface area contributed by atoms with Gasteiger partial charge in [0.1, 0.15) is 10.8 Å². The Hall–Kier alpha value is -3.65. The predicted octanol–water partition coefficient (Wildman–Crippen LogP) is 3.34. The lowest BCUT2D eigenvalue weighted by atomic mass is 9.88. The number of imide groups is 1. The molecule has 2 N–H and O–H groups in total. The number of carbonyl (C=O) groups excluding carboxylic acids is 2. The van der Waals surface area contributed by atoms with Gasteiger partial charge < -0.3 is 15.0 Å². The molecule has 31 heavy (non-hydrogen) atoms. The molecule has 3 heterocycles. The SMILES string of the molecule is C=C1c2cc(OC)ccc2CN1C[C@@]1(c2ccc(-c3nccs3)cc2)NC(=O)NC1=O. The summed E-state index contributed by atoms with van der Waals surface area (Å²) >= 11 is 1.55.